The van der Waals surface area contributed by atoms with Gasteiger partial charge in [0.05, 0.1) is 0 Å². The molecular weight excluding hydrogens is 552 g/mol. The van der Waals surface area contributed by atoms with Crippen molar-refractivity contribution in [2.45, 2.75) is 0 Å². The molecule has 24 heavy (non-hydrogen) atoms. The van der Waals surface area contributed by atoms with Crippen LogP contribution in [0.25, 0.3) is 18.5 Å². The molecule has 0 aliphatic heterocycles. The molecular formula is H28Al7N3O6Si8. The van der Waals surface area contributed by atoms with Crippen LogP contribution in [0.5, 0.6) is 0 Å². The summed E-state index contributed by atoms with van der Waals surface area (Å²) in [6.45, 7) is 0. The molecule has 4 radical (unpaired) electrons. The molecule has 0 rings (SSSR count). The van der Waals surface area contributed by atoms with Crippen molar-refractivity contribution in [1.29, 1.82) is 0 Å². The Hall–Kier alpha value is 5.10. The first-order valence-corrected chi connectivity index (χ1v) is 0. The quantitative estimate of drug-likeness (QED) is 0.242. The van der Waals surface area contributed by atoms with Crippen molar-refractivity contribution in [3.63, 3.8) is 0 Å². The molecule has 0 aliphatic rings. The fourth-order valence-electron chi connectivity index (χ4n) is 0. The fraction of sp³-hybridized carbons (Fsp3) is 0. The van der Waals surface area contributed by atoms with E-state index in [9.17, 15) is 0 Å². The molecule has 0 saturated carbocycles. The normalized spacial score (nSPS) is 0. The summed E-state index contributed by atoms with van der Waals surface area (Å²) in [7, 11) is 0. The van der Waals surface area contributed by atoms with Gasteiger partial charge in [0.1, 0.15) is 0 Å². The smallest absolute Gasteiger partial charge is 3.00 e. The van der Waals surface area contributed by atoms with Gasteiger partial charge in [0.15, 0.2) is 0 Å². The molecule has 0 aromatic carbocycles. The van der Waals surface area contributed by atoms with E-state index in [4.69, 9.17) is 0 Å². The zero-order valence-electron chi connectivity index (χ0n) is 8.33. The molecule has 132 valence electrons. The first kappa shape index (κ1) is 883. The topological polar surface area (TPSA) is 262 Å². The van der Waals surface area contributed by atoms with Gasteiger partial charge >= 0.3 is 122 Å². The van der Waals surface area contributed by atoms with E-state index in [0.29, 0.717) is 0 Å². The maximum Gasteiger partial charge on any atom is 3.00 e. The van der Waals surface area contributed by atoms with Crippen LogP contribution in [-0.4, -0.2) is 209 Å². The van der Waals surface area contributed by atoms with Crippen molar-refractivity contribution in [3.8, 4) is 0 Å². The van der Waals surface area contributed by atoms with Crippen LogP contribution in [0.3, 0.4) is 0 Å². The SMILES string of the molecule is [Al+3].[Al+3].[Al+3].[Al+3].[Al+3].[Al+3].[Al+3].[N-3].[N-3].[N-3].[O-2].[O-2].[O-2].[O-2].[O-2].[O-2].[SiH4].[SiH4].[SiH4].[SiH4].[SiH4].[SiH4].[SiH4].[Si]. The van der Waals surface area contributed by atoms with E-state index in [0.717, 1.165) is 0 Å². The first-order valence-electron chi connectivity index (χ1n) is 0. The van der Waals surface area contributed by atoms with Crippen molar-refractivity contribution >= 4 is 209 Å². The largest absolute Gasteiger partial charge is 3.00 e. The summed E-state index contributed by atoms with van der Waals surface area (Å²) in [6, 6.07) is 0. The van der Waals surface area contributed by atoms with Gasteiger partial charge in [-0.25, -0.2) is 0 Å². The first-order chi connectivity index (χ1) is 0. The molecule has 24 heteroatoms. The predicted molar refractivity (Wildman–Crippen MR) is 140 cm³/mol. The van der Waals surface area contributed by atoms with E-state index >= 15 is 0 Å². The van der Waals surface area contributed by atoms with Gasteiger partial charge in [-0.3, -0.25) is 0 Å². The third-order valence-corrected chi connectivity index (χ3v) is 0. The Morgan fingerprint density at radius 1 is 0.208 bits per heavy atom. The van der Waals surface area contributed by atoms with Crippen molar-refractivity contribution in [2.24, 2.45) is 0 Å². The van der Waals surface area contributed by atoms with E-state index < -0.39 is 0 Å². The van der Waals surface area contributed by atoms with Crippen LogP contribution < -0.4 is 0 Å². The Morgan fingerprint density at radius 2 is 0.208 bits per heavy atom. The zero-order chi connectivity index (χ0) is 0. The van der Waals surface area contributed by atoms with E-state index in [2.05, 4.69) is 0 Å². The molecule has 0 bridgehead atoms. The van der Waals surface area contributed by atoms with E-state index in [1.165, 1.54) is 0 Å². The number of hydrogen-bond acceptors (Lipinski definition) is 0. The minimum absolute atomic E-state index is 0. The second-order valence-electron chi connectivity index (χ2n) is 0. The average Bonchev–Trinajstić information content (AvgIpc) is 0. The Labute approximate surface area is 257 Å². The summed E-state index contributed by atoms with van der Waals surface area (Å²) >= 11 is 0. The van der Waals surface area contributed by atoms with E-state index in [1.54, 1.807) is 0 Å². The fourth-order valence-corrected chi connectivity index (χ4v) is 0. The molecule has 0 aromatic rings. The van der Waals surface area contributed by atoms with E-state index in [1.807, 2.05) is 0 Å². The maximum absolute atomic E-state index is 0. The summed E-state index contributed by atoms with van der Waals surface area (Å²) in [5, 5.41) is 0. The van der Waals surface area contributed by atoms with Crippen molar-refractivity contribution in [2.75, 3.05) is 0 Å². The Morgan fingerprint density at radius 3 is 0.208 bits per heavy atom. The third-order valence-electron chi connectivity index (χ3n) is 0. The Kier molecular flexibility index (Phi) is 29200. The third kappa shape index (κ3) is 709. The predicted octanol–water partition coefficient (Wildman–Crippen LogP) is -13.1. The number of nitrogens with zero attached hydrogens (tertiary/aromatic N) is 3. The molecule has 0 unspecified atom stereocenters. The van der Waals surface area contributed by atoms with Crippen LogP contribution in [0.4, 0.5) is 0 Å². The molecule has 0 saturated heterocycles. The van der Waals surface area contributed by atoms with Gasteiger partial charge in [0.25, 0.3) is 0 Å². The summed E-state index contributed by atoms with van der Waals surface area (Å²) in [5.41, 5.74) is 0. The standard InChI is InChI=1S/7Al.3N.6O.7H4Si.Si/h;;;;;;;;;;;;;;;;7*1H4;/q7*+3;3*-3;6*-2;;;;;;;;. The van der Waals surface area contributed by atoms with Gasteiger partial charge < -0.3 is 51.3 Å². The molecule has 0 aromatic heterocycles. The molecule has 0 spiro atoms. The van der Waals surface area contributed by atoms with Gasteiger partial charge in [-0.05, 0) is 76.8 Å². The molecule has 0 atom stereocenters. The summed E-state index contributed by atoms with van der Waals surface area (Å²) in [4.78, 5) is 0. The number of rotatable bonds is 0. The molecule has 0 fully saturated rings. The number of hydrogen-bond donors (Lipinski definition) is 0. The van der Waals surface area contributed by atoms with Crippen molar-refractivity contribution in [1.82, 2.24) is 0 Å². The van der Waals surface area contributed by atoms with Crippen LogP contribution in [0.1, 0.15) is 0 Å². The summed E-state index contributed by atoms with van der Waals surface area (Å²) in [5.74, 6) is 0. The molecule has 0 N–H and O–H groups in total. The monoisotopic (exact) mass is 579 g/mol. The molecule has 0 heterocycles. The van der Waals surface area contributed by atoms with Crippen molar-refractivity contribution < 1.29 is 32.9 Å². The van der Waals surface area contributed by atoms with Gasteiger partial charge in [0, 0.05) is 11.0 Å². The van der Waals surface area contributed by atoms with Crippen molar-refractivity contribution in [3.05, 3.63) is 18.5 Å². The van der Waals surface area contributed by atoms with Gasteiger partial charge in [-0.1, -0.05) is 0 Å². The van der Waals surface area contributed by atoms with Crippen LogP contribution in [0.15, 0.2) is 0 Å². The molecule has 0 amide bonds. The van der Waals surface area contributed by atoms with Gasteiger partial charge in [0.2, 0.25) is 0 Å². The Balaban J connectivity index is 0. The minimum atomic E-state index is 0. The van der Waals surface area contributed by atoms with Gasteiger partial charge in [-0.15, -0.1) is 0 Å². The second kappa shape index (κ2) is 793. The minimum Gasteiger partial charge on any atom is -3.00 e. The summed E-state index contributed by atoms with van der Waals surface area (Å²) < 4.78 is 0. The summed E-state index contributed by atoms with van der Waals surface area (Å²) in [6.07, 6.45) is 0. The van der Waals surface area contributed by atoms with Crippen LogP contribution >= 0.6 is 0 Å². The van der Waals surface area contributed by atoms with Crippen LogP contribution in [0.2, 0.25) is 0 Å². The van der Waals surface area contributed by atoms with E-state index in [-0.39, 0.29) is 261 Å². The molecule has 9 nitrogen and oxygen atoms in total. The van der Waals surface area contributed by atoms with Crippen LogP contribution in [-0.2, 0) is 32.9 Å². The van der Waals surface area contributed by atoms with Gasteiger partial charge in [-0.2, -0.15) is 0 Å². The van der Waals surface area contributed by atoms with Crippen LogP contribution in [0, 0.1) is 0 Å². The second-order valence-corrected chi connectivity index (χ2v) is 0. The molecule has 0 aliphatic carbocycles. The maximum atomic E-state index is 0. The Bertz CT molecular complexity index is 46.1. The average molecular weight is 580 g/mol. The zero-order valence-corrected chi connectivity index (χ0v) is 17.4.